The standard InChI is InChI=1S/C19H19IO/c20-17-10-8-15(9-11-17)14-18(21)19(12-4-5-13-19)16-6-2-1-3-7-16/h1-3,6-11H,4-5,12-14H2. The molecule has 1 aliphatic rings. The number of rotatable bonds is 4. The van der Waals surface area contributed by atoms with E-state index >= 15 is 0 Å². The number of benzene rings is 2. The predicted octanol–water partition coefficient (Wildman–Crippen LogP) is 4.91. The molecular formula is C19H19IO. The Bertz CT molecular complexity index is 610. The van der Waals surface area contributed by atoms with Crippen LogP contribution in [0.3, 0.4) is 0 Å². The third-order valence-corrected chi connectivity index (χ3v) is 5.31. The SMILES string of the molecule is O=C(Cc1ccc(I)cc1)C1(c2ccccc2)CCCC1. The second-order valence-electron chi connectivity index (χ2n) is 5.88. The van der Waals surface area contributed by atoms with Crippen molar-refractivity contribution in [2.45, 2.75) is 37.5 Å². The van der Waals surface area contributed by atoms with Gasteiger partial charge in [0.15, 0.2) is 0 Å². The highest BCUT2D eigenvalue weighted by molar-refractivity contribution is 14.1. The predicted molar refractivity (Wildman–Crippen MR) is 94.5 cm³/mol. The molecule has 1 nitrogen and oxygen atoms in total. The molecule has 2 heteroatoms. The fraction of sp³-hybridized carbons (Fsp3) is 0.316. The topological polar surface area (TPSA) is 17.1 Å². The maximum absolute atomic E-state index is 13.0. The summed E-state index contributed by atoms with van der Waals surface area (Å²) in [5, 5.41) is 0. The smallest absolute Gasteiger partial charge is 0.147 e. The van der Waals surface area contributed by atoms with Crippen LogP contribution in [0.15, 0.2) is 54.6 Å². The van der Waals surface area contributed by atoms with Gasteiger partial charge in [-0.2, -0.15) is 0 Å². The highest BCUT2D eigenvalue weighted by Gasteiger charge is 2.41. The summed E-state index contributed by atoms with van der Waals surface area (Å²) in [4.78, 5) is 13.0. The highest BCUT2D eigenvalue weighted by Crippen LogP contribution is 2.42. The molecule has 0 N–H and O–H groups in total. The fourth-order valence-corrected chi connectivity index (χ4v) is 3.78. The summed E-state index contributed by atoms with van der Waals surface area (Å²) >= 11 is 2.30. The summed E-state index contributed by atoms with van der Waals surface area (Å²) in [7, 11) is 0. The van der Waals surface area contributed by atoms with Crippen LogP contribution in [0.1, 0.15) is 36.8 Å². The molecule has 0 amide bonds. The van der Waals surface area contributed by atoms with E-state index in [9.17, 15) is 4.79 Å². The van der Waals surface area contributed by atoms with E-state index in [1.54, 1.807) is 0 Å². The van der Waals surface area contributed by atoms with Crippen LogP contribution in [0.4, 0.5) is 0 Å². The van der Waals surface area contributed by atoms with Crippen LogP contribution < -0.4 is 0 Å². The molecule has 108 valence electrons. The van der Waals surface area contributed by atoms with Crippen molar-refractivity contribution < 1.29 is 4.79 Å². The van der Waals surface area contributed by atoms with E-state index in [0.29, 0.717) is 12.2 Å². The summed E-state index contributed by atoms with van der Waals surface area (Å²) in [5.41, 5.74) is 2.09. The molecule has 0 radical (unpaired) electrons. The molecule has 2 aromatic rings. The van der Waals surface area contributed by atoms with E-state index in [4.69, 9.17) is 0 Å². The number of hydrogen-bond acceptors (Lipinski definition) is 1. The van der Waals surface area contributed by atoms with Crippen molar-refractivity contribution in [2.24, 2.45) is 0 Å². The van der Waals surface area contributed by atoms with Gasteiger partial charge in [0, 0.05) is 9.99 Å². The quantitative estimate of drug-likeness (QED) is 0.678. The molecule has 0 spiro atoms. The maximum Gasteiger partial charge on any atom is 0.147 e. The highest BCUT2D eigenvalue weighted by atomic mass is 127. The van der Waals surface area contributed by atoms with Crippen molar-refractivity contribution in [1.29, 1.82) is 0 Å². The average molecular weight is 390 g/mol. The monoisotopic (exact) mass is 390 g/mol. The van der Waals surface area contributed by atoms with Gasteiger partial charge in [0.2, 0.25) is 0 Å². The molecule has 2 aromatic carbocycles. The van der Waals surface area contributed by atoms with Gasteiger partial charge in [-0.25, -0.2) is 0 Å². The van der Waals surface area contributed by atoms with E-state index < -0.39 is 0 Å². The van der Waals surface area contributed by atoms with Crippen LogP contribution in [0, 0.1) is 3.57 Å². The minimum Gasteiger partial charge on any atom is -0.298 e. The lowest BCUT2D eigenvalue weighted by molar-refractivity contribution is -0.123. The van der Waals surface area contributed by atoms with E-state index in [-0.39, 0.29) is 5.41 Å². The number of carbonyl (C=O) groups is 1. The first-order valence-corrected chi connectivity index (χ1v) is 8.62. The molecule has 0 aliphatic heterocycles. The van der Waals surface area contributed by atoms with Gasteiger partial charge in [-0.15, -0.1) is 0 Å². The van der Waals surface area contributed by atoms with Crippen molar-refractivity contribution in [1.82, 2.24) is 0 Å². The molecule has 0 atom stereocenters. The molecular weight excluding hydrogens is 371 g/mol. The van der Waals surface area contributed by atoms with Gasteiger partial charge in [-0.05, 0) is 58.7 Å². The molecule has 1 fully saturated rings. The normalized spacial score (nSPS) is 16.8. The first kappa shape index (κ1) is 14.8. The Hall–Kier alpha value is -1.16. The second-order valence-corrected chi connectivity index (χ2v) is 7.13. The zero-order chi connectivity index (χ0) is 14.7. The Kier molecular flexibility index (Phi) is 4.43. The number of hydrogen-bond donors (Lipinski definition) is 0. The molecule has 0 heterocycles. The van der Waals surface area contributed by atoms with Crippen LogP contribution >= 0.6 is 22.6 Å². The molecule has 1 aliphatic carbocycles. The van der Waals surface area contributed by atoms with Gasteiger partial charge in [0.1, 0.15) is 5.78 Å². The Morgan fingerprint density at radius 3 is 2.19 bits per heavy atom. The molecule has 0 aromatic heterocycles. The third kappa shape index (κ3) is 3.05. The lowest BCUT2D eigenvalue weighted by atomic mass is 9.73. The van der Waals surface area contributed by atoms with Gasteiger partial charge in [-0.1, -0.05) is 55.3 Å². The minimum atomic E-state index is -0.246. The zero-order valence-corrected chi connectivity index (χ0v) is 14.2. The number of carbonyl (C=O) groups excluding carboxylic acids is 1. The summed E-state index contributed by atoms with van der Waals surface area (Å²) in [6.07, 6.45) is 4.87. The number of halogens is 1. The summed E-state index contributed by atoms with van der Waals surface area (Å²) in [6, 6.07) is 18.7. The number of Topliss-reactive ketones (excluding diaryl/α,β-unsaturated/α-hetero) is 1. The van der Waals surface area contributed by atoms with Crippen LogP contribution in [0.5, 0.6) is 0 Å². The van der Waals surface area contributed by atoms with E-state index in [0.717, 1.165) is 31.2 Å². The first-order chi connectivity index (χ1) is 10.2. The van der Waals surface area contributed by atoms with Crippen LogP contribution in [0.2, 0.25) is 0 Å². The molecule has 0 unspecified atom stereocenters. The Morgan fingerprint density at radius 2 is 1.57 bits per heavy atom. The Balaban J connectivity index is 1.87. The number of ketones is 1. The molecule has 3 rings (SSSR count). The van der Waals surface area contributed by atoms with Crippen LogP contribution in [-0.4, -0.2) is 5.78 Å². The molecule has 0 saturated heterocycles. The average Bonchev–Trinajstić information content (AvgIpc) is 3.01. The molecule has 21 heavy (non-hydrogen) atoms. The van der Waals surface area contributed by atoms with Crippen molar-refractivity contribution in [3.63, 3.8) is 0 Å². The van der Waals surface area contributed by atoms with Gasteiger partial charge in [-0.3, -0.25) is 4.79 Å². The van der Waals surface area contributed by atoms with Gasteiger partial charge >= 0.3 is 0 Å². The molecule has 0 bridgehead atoms. The summed E-state index contributed by atoms with van der Waals surface area (Å²) in [5.74, 6) is 0.382. The summed E-state index contributed by atoms with van der Waals surface area (Å²) in [6.45, 7) is 0. The van der Waals surface area contributed by atoms with Crippen molar-refractivity contribution in [2.75, 3.05) is 0 Å². The maximum atomic E-state index is 13.0. The first-order valence-electron chi connectivity index (χ1n) is 7.54. The largest absolute Gasteiger partial charge is 0.298 e. The third-order valence-electron chi connectivity index (χ3n) is 4.60. The van der Waals surface area contributed by atoms with E-state index in [1.807, 2.05) is 18.2 Å². The van der Waals surface area contributed by atoms with Gasteiger partial charge < -0.3 is 0 Å². The Labute approximate surface area is 139 Å². The lowest BCUT2D eigenvalue weighted by Crippen LogP contribution is -2.34. The Morgan fingerprint density at radius 1 is 0.952 bits per heavy atom. The van der Waals surface area contributed by atoms with Crippen LogP contribution in [-0.2, 0) is 16.6 Å². The lowest BCUT2D eigenvalue weighted by Gasteiger charge is -2.28. The van der Waals surface area contributed by atoms with E-state index in [2.05, 4.69) is 59.0 Å². The summed E-state index contributed by atoms with van der Waals surface area (Å²) < 4.78 is 1.21. The second kappa shape index (κ2) is 6.30. The van der Waals surface area contributed by atoms with Gasteiger partial charge in [0.25, 0.3) is 0 Å². The minimum absolute atomic E-state index is 0.246. The van der Waals surface area contributed by atoms with E-state index in [1.165, 1.54) is 9.13 Å². The van der Waals surface area contributed by atoms with Crippen molar-refractivity contribution in [3.05, 3.63) is 69.3 Å². The van der Waals surface area contributed by atoms with Crippen molar-refractivity contribution in [3.8, 4) is 0 Å². The zero-order valence-electron chi connectivity index (χ0n) is 12.0. The van der Waals surface area contributed by atoms with Gasteiger partial charge in [0.05, 0.1) is 5.41 Å². The fourth-order valence-electron chi connectivity index (χ4n) is 3.42. The van der Waals surface area contributed by atoms with Crippen LogP contribution in [0.25, 0.3) is 0 Å². The van der Waals surface area contributed by atoms with Crippen molar-refractivity contribution >= 4 is 28.4 Å². The molecule has 1 saturated carbocycles.